The normalized spacial score (nSPS) is 23.8. The number of hydrogen-bond acceptors (Lipinski definition) is 4. The maximum atomic E-state index is 14.7. The minimum Gasteiger partial charge on any atom is -0.512 e. The smallest absolute Gasteiger partial charge is 0.163 e. The zero-order valence-corrected chi connectivity index (χ0v) is 16.8. The number of aliphatic hydroxyl groups excluding tert-OH is 1. The summed E-state index contributed by atoms with van der Waals surface area (Å²) in [5, 5.41) is 10.7. The molecule has 3 rings (SSSR count). The number of carbonyl (C=O) groups excluding carboxylic acids is 3. The van der Waals surface area contributed by atoms with Crippen molar-refractivity contribution in [3.8, 4) is 0 Å². The molecule has 1 saturated carbocycles. The molecule has 0 aromatic heterocycles. The Morgan fingerprint density at radius 1 is 0.929 bits per heavy atom. The van der Waals surface area contributed by atoms with Gasteiger partial charge in [-0.2, -0.15) is 0 Å². The van der Waals surface area contributed by atoms with E-state index >= 15 is 0 Å². The van der Waals surface area contributed by atoms with E-state index in [0.29, 0.717) is 0 Å². The van der Waals surface area contributed by atoms with Crippen molar-refractivity contribution in [3.05, 3.63) is 47.0 Å². The molecule has 2 aliphatic rings. The van der Waals surface area contributed by atoms with Crippen molar-refractivity contribution >= 4 is 17.3 Å². The SMILES string of the molecule is CC1(C)CC(=O)C(C(C2=C(O)CC(C)(C)CC2=O)c2ccccc2F)C(=O)C1. The Bertz CT molecular complexity index is 858. The highest BCUT2D eigenvalue weighted by Crippen LogP contribution is 2.47. The van der Waals surface area contributed by atoms with Crippen LogP contribution in [0.2, 0.25) is 0 Å². The molecule has 0 bridgehead atoms. The van der Waals surface area contributed by atoms with Crippen LogP contribution in [0.3, 0.4) is 0 Å². The third kappa shape index (κ3) is 3.80. The van der Waals surface area contributed by atoms with Crippen molar-refractivity contribution in [2.24, 2.45) is 16.7 Å². The summed E-state index contributed by atoms with van der Waals surface area (Å²) in [4.78, 5) is 38.9. The molecule has 0 radical (unpaired) electrons. The van der Waals surface area contributed by atoms with Gasteiger partial charge in [-0.15, -0.1) is 0 Å². The molecular weight excluding hydrogens is 359 g/mol. The van der Waals surface area contributed by atoms with Crippen LogP contribution in [0.15, 0.2) is 35.6 Å². The number of allylic oxidation sites excluding steroid dienone is 2. The van der Waals surface area contributed by atoms with Crippen LogP contribution in [-0.4, -0.2) is 22.5 Å². The summed E-state index contributed by atoms with van der Waals surface area (Å²) in [5.41, 5.74) is -0.744. The highest BCUT2D eigenvalue weighted by atomic mass is 19.1. The fourth-order valence-electron chi connectivity index (χ4n) is 4.66. The van der Waals surface area contributed by atoms with Crippen molar-refractivity contribution < 1.29 is 23.9 Å². The number of ketones is 3. The number of Topliss-reactive ketones (excluding diaryl/α,β-unsaturated/α-hetero) is 3. The van der Waals surface area contributed by atoms with E-state index in [0.717, 1.165) is 0 Å². The maximum absolute atomic E-state index is 14.7. The number of hydrogen-bond donors (Lipinski definition) is 1. The molecule has 1 unspecified atom stereocenters. The van der Waals surface area contributed by atoms with Crippen LogP contribution >= 0.6 is 0 Å². The number of aliphatic hydroxyl groups is 1. The molecular formula is C23H27FO4. The molecule has 1 atom stereocenters. The molecule has 1 fully saturated rings. The summed E-state index contributed by atoms with van der Waals surface area (Å²) in [6, 6.07) is 5.87. The lowest BCUT2D eigenvalue weighted by molar-refractivity contribution is -0.140. The predicted molar refractivity (Wildman–Crippen MR) is 103 cm³/mol. The van der Waals surface area contributed by atoms with Gasteiger partial charge in [-0.05, 0) is 22.5 Å². The first-order valence-electron chi connectivity index (χ1n) is 9.67. The fourth-order valence-corrected chi connectivity index (χ4v) is 4.66. The Balaban J connectivity index is 2.18. The van der Waals surface area contributed by atoms with Gasteiger partial charge >= 0.3 is 0 Å². The number of rotatable bonds is 3. The minimum atomic E-state index is -1.15. The Morgan fingerprint density at radius 3 is 2.00 bits per heavy atom. The molecule has 28 heavy (non-hydrogen) atoms. The second-order valence-electron chi connectivity index (χ2n) is 9.73. The van der Waals surface area contributed by atoms with Crippen LogP contribution in [0, 0.1) is 22.6 Å². The molecule has 4 nitrogen and oxygen atoms in total. The molecule has 0 saturated heterocycles. The van der Waals surface area contributed by atoms with Crippen molar-refractivity contribution in [2.45, 2.75) is 59.3 Å². The molecule has 0 aliphatic heterocycles. The van der Waals surface area contributed by atoms with E-state index in [1.54, 1.807) is 6.07 Å². The lowest BCUT2D eigenvalue weighted by Crippen LogP contribution is -2.43. The van der Waals surface area contributed by atoms with Gasteiger partial charge in [0.2, 0.25) is 0 Å². The lowest BCUT2D eigenvalue weighted by Gasteiger charge is -2.39. The third-order valence-electron chi connectivity index (χ3n) is 5.78. The average Bonchev–Trinajstić information content (AvgIpc) is 2.50. The Hall–Kier alpha value is -2.30. The largest absolute Gasteiger partial charge is 0.512 e. The van der Waals surface area contributed by atoms with Gasteiger partial charge in [0.05, 0.1) is 5.92 Å². The molecule has 1 aromatic rings. The van der Waals surface area contributed by atoms with E-state index in [1.165, 1.54) is 18.2 Å². The highest BCUT2D eigenvalue weighted by molar-refractivity contribution is 6.09. The van der Waals surface area contributed by atoms with E-state index in [4.69, 9.17) is 0 Å². The van der Waals surface area contributed by atoms with Crippen LogP contribution in [0.4, 0.5) is 4.39 Å². The number of benzene rings is 1. The molecule has 0 heterocycles. The van der Waals surface area contributed by atoms with Gasteiger partial charge in [0.1, 0.15) is 23.1 Å². The summed E-state index contributed by atoms with van der Waals surface area (Å²) in [5.74, 6) is -3.88. The van der Waals surface area contributed by atoms with Gasteiger partial charge in [-0.3, -0.25) is 14.4 Å². The van der Waals surface area contributed by atoms with Crippen molar-refractivity contribution in [1.82, 2.24) is 0 Å². The molecule has 2 aliphatic carbocycles. The average molecular weight is 386 g/mol. The van der Waals surface area contributed by atoms with Crippen LogP contribution in [0.5, 0.6) is 0 Å². The van der Waals surface area contributed by atoms with E-state index in [1.807, 2.05) is 27.7 Å². The predicted octanol–water partition coefficient (Wildman–Crippen LogP) is 4.68. The molecule has 0 spiro atoms. The van der Waals surface area contributed by atoms with E-state index in [9.17, 15) is 23.9 Å². The summed E-state index contributed by atoms with van der Waals surface area (Å²) in [6.07, 6.45) is 0.793. The lowest BCUT2D eigenvalue weighted by atomic mass is 9.62. The summed E-state index contributed by atoms with van der Waals surface area (Å²) in [6.45, 7) is 7.44. The van der Waals surface area contributed by atoms with Crippen molar-refractivity contribution in [3.63, 3.8) is 0 Å². The third-order valence-corrected chi connectivity index (χ3v) is 5.78. The van der Waals surface area contributed by atoms with Gasteiger partial charge in [0.25, 0.3) is 0 Å². The minimum absolute atomic E-state index is 0.0239. The number of carbonyl (C=O) groups is 3. The Morgan fingerprint density at radius 2 is 1.46 bits per heavy atom. The number of halogens is 1. The van der Waals surface area contributed by atoms with Crippen LogP contribution in [0.1, 0.15) is 64.9 Å². The van der Waals surface area contributed by atoms with Gasteiger partial charge in [0.15, 0.2) is 5.78 Å². The molecule has 150 valence electrons. The van der Waals surface area contributed by atoms with Crippen LogP contribution < -0.4 is 0 Å². The Kier molecular flexibility index (Phi) is 5.07. The second kappa shape index (κ2) is 6.94. The molecule has 1 N–H and O–H groups in total. The van der Waals surface area contributed by atoms with Gasteiger partial charge < -0.3 is 5.11 Å². The van der Waals surface area contributed by atoms with Gasteiger partial charge in [0, 0.05) is 37.2 Å². The first-order chi connectivity index (χ1) is 12.9. The maximum Gasteiger partial charge on any atom is 0.163 e. The summed E-state index contributed by atoms with van der Waals surface area (Å²) in [7, 11) is 0. The Labute approximate surface area is 164 Å². The molecule has 5 heteroatoms. The van der Waals surface area contributed by atoms with E-state index in [2.05, 4.69) is 0 Å². The zero-order valence-electron chi connectivity index (χ0n) is 16.8. The summed E-state index contributed by atoms with van der Waals surface area (Å²) < 4.78 is 14.7. The topological polar surface area (TPSA) is 71.4 Å². The fraction of sp³-hybridized carbons (Fsp3) is 0.522. The van der Waals surface area contributed by atoms with Crippen LogP contribution in [0.25, 0.3) is 0 Å². The first-order valence-corrected chi connectivity index (χ1v) is 9.67. The first kappa shape index (κ1) is 20.4. The van der Waals surface area contributed by atoms with E-state index in [-0.39, 0.29) is 59.9 Å². The van der Waals surface area contributed by atoms with Gasteiger partial charge in [-0.1, -0.05) is 45.9 Å². The standard InChI is InChI=1S/C23H27FO4/c1-22(2)9-15(25)20(16(26)10-22)19(13-7-5-6-8-14(13)24)21-17(27)11-23(3,4)12-18(21)28/h5-8,19-20,27H,9-12H2,1-4H3. The quantitative estimate of drug-likeness (QED) is 0.766. The van der Waals surface area contributed by atoms with E-state index < -0.39 is 28.5 Å². The summed E-state index contributed by atoms with van der Waals surface area (Å²) >= 11 is 0. The monoisotopic (exact) mass is 386 g/mol. The second-order valence-corrected chi connectivity index (χ2v) is 9.73. The van der Waals surface area contributed by atoms with Crippen molar-refractivity contribution in [1.29, 1.82) is 0 Å². The van der Waals surface area contributed by atoms with Crippen LogP contribution in [-0.2, 0) is 14.4 Å². The van der Waals surface area contributed by atoms with Gasteiger partial charge in [-0.25, -0.2) is 4.39 Å². The highest BCUT2D eigenvalue weighted by Gasteiger charge is 2.49. The zero-order chi connectivity index (χ0) is 20.9. The molecule has 1 aromatic carbocycles. The molecule has 0 amide bonds. The van der Waals surface area contributed by atoms with Crippen molar-refractivity contribution in [2.75, 3.05) is 0 Å².